The molecule has 2 aromatic rings. The lowest BCUT2D eigenvalue weighted by Gasteiger charge is -1.99. The third-order valence-corrected chi connectivity index (χ3v) is 2.92. The lowest BCUT2D eigenvalue weighted by atomic mass is 10.2. The largest absolute Gasteiger partial charge is 0.345 e. The maximum absolute atomic E-state index is 5.94. The van der Waals surface area contributed by atoms with Crippen LogP contribution >= 0.6 is 27.5 Å². The number of aromatic nitrogens is 2. The van der Waals surface area contributed by atoms with Crippen molar-refractivity contribution >= 4 is 27.5 Å². The summed E-state index contributed by atoms with van der Waals surface area (Å²) in [5.41, 5.74) is 0.984. The van der Waals surface area contributed by atoms with Crippen molar-refractivity contribution in [3.8, 4) is 11.4 Å². The standard InChI is InChI=1S/C9H6BrClN2/c10-7-2-1-6(5-8(7)11)9-12-3-4-13-9/h1-5H,(H,12,13). The van der Waals surface area contributed by atoms with Gasteiger partial charge in [0.1, 0.15) is 5.82 Å². The molecule has 13 heavy (non-hydrogen) atoms. The van der Waals surface area contributed by atoms with Gasteiger partial charge >= 0.3 is 0 Å². The number of nitrogens with one attached hydrogen (secondary N) is 1. The van der Waals surface area contributed by atoms with E-state index in [1.807, 2.05) is 18.2 Å². The van der Waals surface area contributed by atoms with Gasteiger partial charge in [-0.25, -0.2) is 4.98 Å². The molecule has 0 radical (unpaired) electrons. The molecule has 0 saturated carbocycles. The van der Waals surface area contributed by atoms with Gasteiger partial charge in [0.05, 0.1) is 5.02 Å². The Bertz CT molecular complexity index is 412. The molecular formula is C9H6BrClN2. The monoisotopic (exact) mass is 256 g/mol. The summed E-state index contributed by atoms with van der Waals surface area (Å²) in [6.07, 6.45) is 3.50. The number of hydrogen-bond acceptors (Lipinski definition) is 1. The molecule has 66 valence electrons. The third-order valence-electron chi connectivity index (χ3n) is 1.69. The van der Waals surface area contributed by atoms with E-state index < -0.39 is 0 Å². The fourth-order valence-corrected chi connectivity index (χ4v) is 1.49. The highest BCUT2D eigenvalue weighted by Gasteiger charge is 2.02. The number of aromatic amines is 1. The smallest absolute Gasteiger partial charge is 0.137 e. The zero-order chi connectivity index (χ0) is 9.26. The molecule has 0 aliphatic heterocycles. The van der Waals surface area contributed by atoms with Crippen molar-refractivity contribution < 1.29 is 0 Å². The van der Waals surface area contributed by atoms with Crippen LogP contribution in [-0.4, -0.2) is 9.97 Å². The van der Waals surface area contributed by atoms with Crippen LogP contribution in [0.1, 0.15) is 0 Å². The van der Waals surface area contributed by atoms with Crippen molar-refractivity contribution in [1.29, 1.82) is 0 Å². The van der Waals surface area contributed by atoms with Gasteiger partial charge in [0.2, 0.25) is 0 Å². The fourth-order valence-electron chi connectivity index (χ4n) is 1.07. The summed E-state index contributed by atoms with van der Waals surface area (Å²) >= 11 is 9.27. The number of H-pyrrole nitrogens is 1. The molecule has 2 rings (SSSR count). The first-order valence-corrected chi connectivity index (χ1v) is 4.89. The number of rotatable bonds is 1. The highest BCUT2D eigenvalue weighted by Crippen LogP contribution is 2.26. The van der Waals surface area contributed by atoms with Crippen molar-refractivity contribution in [1.82, 2.24) is 9.97 Å². The van der Waals surface area contributed by atoms with Gasteiger partial charge in [-0.15, -0.1) is 0 Å². The fraction of sp³-hybridized carbons (Fsp3) is 0. The van der Waals surface area contributed by atoms with Crippen LogP contribution in [0.4, 0.5) is 0 Å². The lowest BCUT2D eigenvalue weighted by Crippen LogP contribution is -1.80. The van der Waals surface area contributed by atoms with Gasteiger partial charge in [-0.3, -0.25) is 0 Å². The molecule has 1 N–H and O–H groups in total. The van der Waals surface area contributed by atoms with Gasteiger partial charge in [0.25, 0.3) is 0 Å². The highest BCUT2D eigenvalue weighted by molar-refractivity contribution is 9.10. The minimum absolute atomic E-state index is 0.689. The normalized spacial score (nSPS) is 10.3. The first kappa shape index (κ1) is 8.78. The molecule has 0 saturated heterocycles. The Kier molecular flexibility index (Phi) is 2.38. The summed E-state index contributed by atoms with van der Waals surface area (Å²) in [6.45, 7) is 0. The highest BCUT2D eigenvalue weighted by atomic mass is 79.9. The Balaban J connectivity index is 2.49. The van der Waals surface area contributed by atoms with E-state index in [0.717, 1.165) is 15.9 Å². The molecule has 1 heterocycles. The van der Waals surface area contributed by atoms with Crippen LogP contribution in [-0.2, 0) is 0 Å². The maximum Gasteiger partial charge on any atom is 0.137 e. The van der Waals surface area contributed by atoms with E-state index in [4.69, 9.17) is 11.6 Å². The van der Waals surface area contributed by atoms with Crippen molar-refractivity contribution in [3.63, 3.8) is 0 Å². The second-order valence-corrected chi connectivity index (χ2v) is 3.83. The van der Waals surface area contributed by atoms with E-state index >= 15 is 0 Å². The number of imidazole rings is 1. The molecule has 4 heteroatoms. The summed E-state index contributed by atoms with van der Waals surface area (Å²) < 4.78 is 0.893. The van der Waals surface area contributed by atoms with Crippen molar-refractivity contribution in [2.24, 2.45) is 0 Å². The Hall–Kier alpha value is -0.800. The van der Waals surface area contributed by atoms with Gasteiger partial charge in [-0.05, 0) is 28.1 Å². The van der Waals surface area contributed by atoms with Gasteiger partial charge < -0.3 is 4.98 Å². The first-order chi connectivity index (χ1) is 6.27. The molecule has 0 unspecified atom stereocenters. The van der Waals surface area contributed by atoms with E-state index in [9.17, 15) is 0 Å². The molecule has 0 bridgehead atoms. The number of benzene rings is 1. The zero-order valence-corrected chi connectivity index (χ0v) is 8.93. The molecule has 0 amide bonds. The summed E-state index contributed by atoms with van der Waals surface area (Å²) in [7, 11) is 0. The average Bonchev–Trinajstić information content (AvgIpc) is 2.62. The van der Waals surface area contributed by atoms with E-state index in [2.05, 4.69) is 25.9 Å². The Labute approximate surface area is 89.1 Å². The second-order valence-electron chi connectivity index (χ2n) is 2.57. The molecule has 0 fully saturated rings. The van der Waals surface area contributed by atoms with E-state index in [0.29, 0.717) is 5.02 Å². The molecule has 1 aromatic heterocycles. The molecule has 0 spiro atoms. The van der Waals surface area contributed by atoms with Crippen LogP contribution in [0.5, 0.6) is 0 Å². The van der Waals surface area contributed by atoms with Crippen molar-refractivity contribution in [2.45, 2.75) is 0 Å². The van der Waals surface area contributed by atoms with Gasteiger partial charge in [0.15, 0.2) is 0 Å². The molecule has 0 aliphatic rings. The minimum atomic E-state index is 0.689. The number of hydrogen-bond donors (Lipinski definition) is 1. The van der Waals surface area contributed by atoms with E-state index in [1.54, 1.807) is 12.4 Å². The molecule has 0 aliphatic carbocycles. The topological polar surface area (TPSA) is 28.7 Å². The first-order valence-electron chi connectivity index (χ1n) is 3.72. The molecule has 2 nitrogen and oxygen atoms in total. The third kappa shape index (κ3) is 1.76. The maximum atomic E-state index is 5.94. The molecular weight excluding hydrogens is 251 g/mol. The van der Waals surface area contributed by atoms with Crippen molar-refractivity contribution in [3.05, 3.63) is 40.1 Å². The van der Waals surface area contributed by atoms with Crippen LogP contribution in [0.15, 0.2) is 35.1 Å². The van der Waals surface area contributed by atoms with E-state index in [-0.39, 0.29) is 0 Å². The van der Waals surface area contributed by atoms with Gasteiger partial charge in [-0.1, -0.05) is 17.7 Å². The van der Waals surface area contributed by atoms with Crippen LogP contribution in [0, 0.1) is 0 Å². The van der Waals surface area contributed by atoms with Crippen molar-refractivity contribution in [2.75, 3.05) is 0 Å². The Morgan fingerprint density at radius 1 is 1.38 bits per heavy atom. The van der Waals surface area contributed by atoms with Crippen LogP contribution in [0.2, 0.25) is 5.02 Å². The zero-order valence-electron chi connectivity index (χ0n) is 6.59. The number of nitrogens with zero attached hydrogens (tertiary/aromatic N) is 1. The van der Waals surface area contributed by atoms with Crippen LogP contribution < -0.4 is 0 Å². The summed E-state index contributed by atoms with van der Waals surface area (Å²) in [5, 5.41) is 0.689. The van der Waals surface area contributed by atoms with Crippen LogP contribution in [0.3, 0.4) is 0 Å². The number of halogens is 2. The Morgan fingerprint density at radius 2 is 2.23 bits per heavy atom. The lowest BCUT2D eigenvalue weighted by molar-refractivity contribution is 1.31. The predicted molar refractivity (Wildman–Crippen MR) is 56.7 cm³/mol. The second kappa shape index (κ2) is 3.52. The van der Waals surface area contributed by atoms with Crippen LogP contribution in [0.25, 0.3) is 11.4 Å². The minimum Gasteiger partial charge on any atom is -0.345 e. The summed E-state index contributed by atoms with van der Waals surface area (Å²) in [4.78, 5) is 7.14. The molecule has 0 atom stereocenters. The summed E-state index contributed by atoms with van der Waals surface area (Å²) in [5.74, 6) is 0.828. The predicted octanol–water partition coefficient (Wildman–Crippen LogP) is 3.49. The summed E-state index contributed by atoms with van der Waals surface area (Å²) in [6, 6.07) is 5.72. The quantitative estimate of drug-likeness (QED) is 0.832. The SMILES string of the molecule is Clc1cc(-c2ncc[nH]2)ccc1Br. The van der Waals surface area contributed by atoms with Gasteiger partial charge in [0, 0.05) is 22.4 Å². The van der Waals surface area contributed by atoms with Gasteiger partial charge in [-0.2, -0.15) is 0 Å². The Morgan fingerprint density at radius 3 is 2.85 bits per heavy atom. The average molecular weight is 258 g/mol. The molecule has 1 aromatic carbocycles. The van der Waals surface area contributed by atoms with E-state index in [1.165, 1.54) is 0 Å².